The van der Waals surface area contributed by atoms with E-state index < -0.39 is 0 Å². The van der Waals surface area contributed by atoms with Crippen molar-refractivity contribution in [3.8, 4) is 0 Å². The second kappa shape index (κ2) is 11.9. The van der Waals surface area contributed by atoms with Crippen molar-refractivity contribution in [1.82, 2.24) is 16.0 Å². The normalized spacial score (nSPS) is 11.9. The summed E-state index contributed by atoms with van der Waals surface area (Å²) in [6.07, 6.45) is 2.40. The Hall–Kier alpha value is -1.14. The molecule has 0 radical (unpaired) electrons. The van der Waals surface area contributed by atoms with Crippen molar-refractivity contribution in [1.29, 1.82) is 0 Å². The third kappa shape index (κ3) is 10.5. The highest BCUT2D eigenvalue weighted by molar-refractivity contribution is 5.81. The molecule has 1 unspecified atom stereocenters. The van der Waals surface area contributed by atoms with Crippen LogP contribution >= 0.6 is 0 Å². The molecule has 2 amide bonds. The third-order valence-corrected chi connectivity index (χ3v) is 2.65. The number of hydrogen-bond donors (Lipinski definition) is 3. The molecule has 19 heavy (non-hydrogen) atoms. The Labute approximate surface area is 115 Å². The maximum atomic E-state index is 11.6. The van der Waals surface area contributed by atoms with Crippen LogP contribution in [0.1, 0.15) is 33.1 Å². The minimum absolute atomic E-state index is 0.0201. The molecule has 0 fully saturated rings. The van der Waals surface area contributed by atoms with Crippen LogP contribution in [0.5, 0.6) is 0 Å². The molecule has 0 aliphatic heterocycles. The fraction of sp³-hybridized carbons (Fsp3) is 0.846. The molecule has 0 aliphatic carbocycles. The molecule has 0 aliphatic rings. The molecule has 0 bridgehead atoms. The number of carbonyl (C=O) groups is 2. The summed E-state index contributed by atoms with van der Waals surface area (Å²) in [6.45, 7) is 6.10. The smallest absolute Gasteiger partial charge is 0.236 e. The van der Waals surface area contributed by atoms with Gasteiger partial charge in [0.05, 0.1) is 12.6 Å². The molecule has 3 N–H and O–H groups in total. The largest absolute Gasteiger partial charge is 0.383 e. The highest BCUT2D eigenvalue weighted by Gasteiger charge is 2.11. The first-order valence-corrected chi connectivity index (χ1v) is 6.88. The minimum Gasteiger partial charge on any atom is -0.383 e. The van der Waals surface area contributed by atoms with Crippen LogP contribution in [0.4, 0.5) is 0 Å². The zero-order valence-electron chi connectivity index (χ0n) is 12.3. The summed E-state index contributed by atoms with van der Waals surface area (Å²) < 4.78 is 4.83. The lowest BCUT2D eigenvalue weighted by molar-refractivity contribution is -0.124. The van der Waals surface area contributed by atoms with Crippen LogP contribution in [0.2, 0.25) is 0 Å². The minimum atomic E-state index is -0.274. The number of ether oxygens (including phenoxy) is 1. The van der Waals surface area contributed by atoms with E-state index in [1.165, 1.54) is 0 Å². The lowest BCUT2D eigenvalue weighted by Gasteiger charge is -2.13. The third-order valence-electron chi connectivity index (χ3n) is 2.65. The van der Waals surface area contributed by atoms with Gasteiger partial charge >= 0.3 is 0 Å². The van der Waals surface area contributed by atoms with Gasteiger partial charge in [-0.2, -0.15) is 0 Å². The van der Waals surface area contributed by atoms with E-state index in [1.807, 2.05) is 0 Å². The first kappa shape index (κ1) is 17.9. The second-order valence-electron chi connectivity index (χ2n) is 4.41. The van der Waals surface area contributed by atoms with E-state index in [-0.39, 0.29) is 17.9 Å². The zero-order valence-corrected chi connectivity index (χ0v) is 12.3. The molecule has 0 saturated heterocycles. The van der Waals surface area contributed by atoms with E-state index in [2.05, 4.69) is 22.9 Å². The molecule has 0 spiro atoms. The molecule has 0 rings (SSSR count). The highest BCUT2D eigenvalue weighted by atomic mass is 16.5. The van der Waals surface area contributed by atoms with Gasteiger partial charge in [0.2, 0.25) is 11.8 Å². The van der Waals surface area contributed by atoms with Gasteiger partial charge in [-0.3, -0.25) is 9.59 Å². The van der Waals surface area contributed by atoms with Crippen molar-refractivity contribution in [2.24, 2.45) is 0 Å². The van der Waals surface area contributed by atoms with Crippen LogP contribution in [-0.2, 0) is 14.3 Å². The first-order chi connectivity index (χ1) is 9.11. The second-order valence-corrected chi connectivity index (χ2v) is 4.41. The number of rotatable bonds is 11. The Morgan fingerprint density at radius 2 is 1.89 bits per heavy atom. The molecule has 0 aromatic rings. The fourth-order valence-corrected chi connectivity index (χ4v) is 1.42. The number of methoxy groups -OCH3 is 1. The van der Waals surface area contributed by atoms with Crippen molar-refractivity contribution in [3.63, 3.8) is 0 Å². The molecule has 6 nitrogen and oxygen atoms in total. The van der Waals surface area contributed by atoms with Gasteiger partial charge in [0.15, 0.2) is 0 Å². The van der Waals surface area contributed by atoms with Crippen molar-refractivity contribution in [3.05, 3.63) is 0 Å². The van der Waals surface area contributed by atoms with E-state index in [0.717, 1.165) is 12.8 Å². The first-order valence-electron chi connectivity index (χ1n) is 6.88. The summed E-state index contributed by atoms with van der Waals surface area (Å²) in [5, 5.41) is 8.60. The SMILES string of the molecule is CCCCNC(=O)C(C)NCCC(=O)NCCOC. The topological polar surface area (TPSA) is 79.5 Å². The van der Waals surface area contributed by atoms with Crippen molar-refractivity contribution < 1.29 is 14.3 Å². The van der Waals surface area contributed by atoms with Crippen LogP contribution in [0.3, 0.4) is 0 Å². The Kier molecular flexibility index (Phi) is 11.2. The fourth-order valence-electron chi connectivity index (χ4n) is 1.42. The number of hydrogen-bond acceptors (Lipinski definition) is 4. The standard InChI is InChI=1S/C13H27N3O3/c1-4-5-7-16-13(18)11(2)14-8-6-12(17)15-9-10-19-3/h11,14H,4-10H2,1-3H3,(H,15,17)(H,16,18). The van der Waals surface area contributed by atoms with E-state index in [0.29, 0.717) is 32.7 Å². The molecule has 0 heterocycles. The van der Waals surface area contributed by atoms with Crippen LogP contribution in [0.25, 0.3) is 0 Å². The maximum absolute atomic E-state index is 11.6. The summed E-state index contributed by atoms with van der Waals surface area (Å²) >= 11 is 0. The molecule has 0 saturated carbocycles. The van der Waals surface area contributed by atoms with Gasteiger partial charge in [-0.05, 0) is 13.3 Å². The highest BCUT2D eigenvalue weighted by Crippen LogP contribution is 1.87. The van der Waals surface area contributed by atoms with Crippen molar-refractivity contribution >= 4 is 11.8 Å². The van der Waals surface area contributed by atoms with Gasteiger partial charge in [0.25, 0.3) is 0 Å². The monoisotopic (exact) mass is 273 g/mol. The summed E-state index contributed by atoms with van der Waals surface area (Å²) in [5.41, 5.74) is 0. The maximum Gasteiger partial charge on any atom is 0.236 e. The summed E-state index contributed by atoms with van der Waals surface area (Å²) in [7, 11) is 1.59. The van der Waals surface area contributed by atoms with Gasteiger partial charge in [-0.15, -0.1) is 0 Å². The Morgan fingerprint density at radius 1 is 1.16 bits per heavy atom. The molecule has 1 atom stereocenters. The summed E-state index contributed by atoms with van der Waals surface area (Å²) in [4.78, 5) is 23.0. The van der Waals surface area contributed by atoms with Crippen LogP contribution < -0.4 is 16.0 Å². The molecular weight excluding hydrogens is 246 g/mol. The van der Waals surface area contributed by atoms with Crippen LogP contribution in [0, 0.1) is 0 Å². The average molecular weight is 273 g/mol. The van der Waals surface area contributed by atoms with E-state index in [1.54, 1.807) is 14.0 Å². The Bertz CT molecular complexity index is 260. The molecule has 0 aromatic heterocycles. The van der Waals surface area contributed by atoms with Crippen LogP contribution in [0.15, 0.2) is 0 Å². The predicted octanol–water partition coefficient (Wildman–Crippen LogP) is 0.0335. The van der Waals surface area contributed by atoms with Crippen molar-refractivity contribution in [2.75, 3.05) is 33.4 Å². The summed E-state index contributed by atoms with van der Waals surface area (Å²) in [5.74, 6) is -0.0589. The molecular formula is C13H27N3O3. The zero-order chi connectivity index (χ0) is 14.5. The molecule has 0 aromatic carbocycles. The number of carbonyl (C=O) groups excluding carboxylic acids is 2. The van der Waals surface area contributed by atoms with Crippen molar-refractivity contribution in [2.45, 2.75) is 39.2 Å². The van der Waals surface area contributed by atoms with Gasteiger partial charge in [-0.1, -0.05) is 13.3 Å². The van der Waals surface area contributed by atoms with Gasteiger partial charge in [0, 0.05) is 33.2 Å². The van der Waals surface area contributed by atoms with Crippen LogP contribution in [-0.4, -0.2) is 51.2 Å². The van der Waals surface area contributed by atoms with E-state index in [9.17, 15) is 9.59 Å². The molecule has 112 valence electrons. The number of amides is 2. The quantitative estimate of drug-likeness (QED) is 0.464. The Morgan fingerprint density at radius 3 is 2.53 bits per heavy atom. The van der Waals surface area contributed by atoms with Gasteiger partial charge < -0.3 is 20.7 Å². The number of nitrogens with one attached hydrogen (secondary N) is 3. The van der Waals surface area contributed by atoms with E-state index >= 15 is 0 Å². The lowest BCUT2D eigenvalue weighted by atomic mass is 10.2. The predicted molar refractivity (Wildman–Crippen MR) is 74.9 cm³/mol. The number of unbranched alkanes of at least 4 members (excludes halogenated alkanes) is 1. The van der Waals surface area contributed by atoms with E-state index in [4.69, 9.17) is 4.74 Å². The van der Waals surface area contributed by atoms with Gasteiger partial charge in [0.1, 0.15) is 0 Å². The Balaban J connectivity index is 3.58. The average Bonchev–Trinajstić information content (AvgIpc) is 2.39. The van der Waals surface area contributed by atoms with Gasteiger partial charge in [-0.25, -0.2) is 0 Å². The molecule has 6 heteroatoms. The summed E-state index contributed by atoms with van der Waals surface area (Å²) in [6, 6.07) is -0.274. The lowest BCUT2D eigenvalue weighted by Crippen LogP contribution is -2.43.